The zero-order valence-corrected chi connectivity index (χ0v) is 21.3. The fourth-order valence-corrected chi connectivity index (χ4v) is 4.98. The van der Waals surface area contributed by atoms with E-state index in [1.807, 2.05) is 24.3 Å². The molecule has 2 fully saturated rings. The summed E-state index contributed by atoms with van der Waals surface area (Å²) in [5.41, 5.74) is 1.98. The van der Waals surface area contributed by atoms with Crippen molar-refractivity contribution >= 4 is 22.7 Å². The van der Waals surface area contributed by atoms with Crippen LogP contribution in [0.25, 0.3) is 10.9 Å². The van der Waals surface area contributed by atoms with Crippen LogP contribution in [0.15, 0.2) is 36.4 Å². The Bertz CT molecular complexity index is 1180. The average Bonchev–Trinajstić information content (AvgIpc) is 2.90. The normalized spacial score (nSPS) is 17.9. The van der Waals surface area contributed by atoms with Crippen molar-refractivity contribution in [1.29, 1.82) is 0 Å². The summed E-state index contributed by atoms with van der Waals surface area (Å²) in [6, 6.07) is 11.0. The summed E-state index contributed by atoms with van der Waals surface area (Å²) < 4.78 is 24.4. The fraction of sp³-hybridized carbons (Fsp3) is 0.481. The average molecular weight is 495 g/mol. The number of nitrogens with one attached hydrogen (secondary N) is 1. The van der Waals surface area contributed by atoms with Gasteiger partial charge in [-0.1, -0.05) is 12.1 Å². The van der Waals surface area contributed by atoms with Gasteiger partial charge in [-0.25, -0.2) is 9.37 Å². The zero-order chi connectivity index (χ0) is 25.1. The van der Waals surface area contributed by atoms with E-state index >= 15 is 0 Å². The number of hydrogen-bond donors (Lipinski definition) is 1. The van der Waals surface area contributed by atoms with Gasteiger partial charge in [0.1, 0.15) is 11.6 Å². The summed E-state index contributed by atoms with van der Waals surface area (Å²) in [4.78, 5) is 16.9. The van der Waals surface area contributed by atoms with Crippen molar-refractivity contribution in [3.05, 3.63) is 47.8 Å². The van der Waals surface area contributed by atoms with Crippen molar-refractivity contribution in [1.82, 2.24) is 19.8 Å². The van der Waals surface area contributed by atoms with Crippen molar-refractivity contribution in [2.45, 2.75) is 25.4 Å². The van der Waals surface area contributed by atoms with Crippen LogP contribution >= 0.6 is 0 Å². The SMILES string of the molecule is COc1cc2nc(N3CCN(C)CC3)nc(NC3CCN(Cc4ccc(F)cc4)CC3)c2cc1OC. The predicted molar refractivity (Wildman–Crippen MR) is 141 cm³/mol. The second kappa shape index (κ2) is 10.8. The number of halogens is 1. The van der Waals surface area contributed by atoms with E-state index in [0.29, 0.717) is 17.5 Å². The van der Waals surface area contributed by atoms with Crippen molar-refractivity contribution in [2.75, 3.05) is 70.8 Å². The van der Waals surface area contributed by atoms with E-state index in [4.69, 9.17) is 19.4 Å². The van der Waals surface area contributed by atoms with Crippen LogP contribution in [0.3, 0.4) is 0 Å². The van der Waals surface area contributed by atoms with Gasteiger partial charge in [-0.3, -0.25) is 4.90 Å². The van der Waals surface area contributed by atoms with Crippen molar-refractivity contribution in [3.63, 3.8) is 0 Å². The van der Waals surface area contributed by atoms with Gasteiger partial charge in [0.15, 0.2) is 11.5 Å². The molecular formula is C27H35FN6O2. The molecule has 0 saturated carbocycles. The maximum atomic E-state index is 13.2. The number of likely N-dealkylation sites (N-methyl/N-ethyl adjacent to an activating group) is 1. The molecule has 1 N–H and O–H groups in total. The molecule has 2 aromatic carbocycles. The maximum Gasteiger partial charge on any atom is 0.227 e. The Hall–Kier alpha value is -3.17. The quantitative estimate of drug-likeness (QED) is 0.535. The molecule has 0 aliphatic carbocycles. The van der Waals surface area contributed by atoms with Gasteiger partial charge in [0, 0.05) is 63.3 Å². The number of fused-ring (bicyclic) bond motifs is 1. The molecule has 0 radical (unpaired) electrons. The highest BCUT2D eigenvalue weighted by atomic mass is 19.1. The number of hydrogen-bond acceptors (Lipinski definition) is 8. The molecule has 192 valence electrons. The lowest BCUT2D eigenvalue weighted by Gasteiger charge is -2.34. The highest BCUT2D eigenvalue weighted by Gasteiger charge is 2.23. The first-order valence-corrected chi connectivity index (χ1v) is 12.6. The Balaban J connectivity index is 1.35. The number of anilines is 2. The van der Waals surface area contributed by atoms with E-state index in [1.165, 1.54) is 12.1 Å². The third kappa shape index (κ3) is 5.47. The predicted octanol–water partition coefficient (Wildman–Crippen LogP) is 3.61. The first kappa shape index (κ1) is 24.5. The molecule has 2 aliphatic rings. The third-order valence-electron chi connectivity index (χ3n) is 7.22. The van der Waals surface area contributed by atoms with Crippen molar-refractivity contribution in [3.8, 4) is 11.5 Å². The van der Waals surface area contributed by atoms with Gasteiger partial charge in [0.25, 0.3) is 0 Å². The highest BCUT2D eigenvalue weighted by Crippen LogP contribution is 2.35. The molecule has 0 unspecified atom stereocenters. The molecule has 0 amide bonds. The Morgan fingerprint density at radius 3 is 2.25 bits per heavy atom. The molecule has 8 nitrogen and oxygen atoms in total. The summed E-state index contributed by atoms with van der Waals surface area (Å²) in [7, 11) is 5.43. The van der Waals surface area contributed by atoms with Crippen LogP contribution in [0.1, 0.15) is 18.4 Å². The Labute approximate surface area is 212 Å². The van der Waals surface area contributed by atoms with Crippen LogP contribution < -0.4 is 19.7 Å². The van der Waals surface area contributed by atoms with Crippen molar-refractivity contribution in [2.24, 2.45) is 0 Å². The van der Waals surface area contributed by atoms with Crippen LogP contribution in [-0.4, -0.2) is 86.3 Å². The zero-order valence-electron chi connectivity index (χ0n) is 21.3. The van der Waals surface area contributed by atoms with Crippen LogP contribution in [0.5, 0.6) is 11.5 Å². The van der Waals surface area contributed by atoms with E-state index < -0.39 is 0 Å². The number of methoxy groups -OCH3 is 2. The van der Waals surface area contributed by atoms with Crippen molar-refractivity contribution < 1.29 is 13.9 Å². The van der Waals surface area contributed by atoms with E-state index in [0.717, 1.165) is 86.9 Å². The van der Waals surface area contributed by atoms with Gasteiger partial charge in [-0.2, -0.15) is 4.98 Å². The van der Waals surface area contributed by atoms with Crippen LogP contribution in [-0.2, 0) is 6.54 Å². The van der Waals surface area contributed by atoms with E-state index in [-0.39, 0.29) is 5.82 Å². The Morgan fingerprint density at radius 2 is 1.58 bits per heavy atom. The second-order valence-corrected chi connectivity index (χ2v) is 9.71. The number of benzene rings is 2. The van der Waals surface area contributed by atoms with E-state index in [9.17, 15) is 4.39 Å². The van der Waals surface area contributed by atoms with Crippen LogP contribution in [0, 0.1) is 5.82 Å². The number of piperidine rings is 1. The van der Waals surface area contributed by atoms with E-state index in [2.05, 4.69) is 27.1 Å². The molecule has 3 aromatic rings. The van der Waals surface area contributed by atoms with Crippen LogP contribution in [0.4, 0.5) is 16.2 Å². The number of aromatic nitrogens is 2. The largest absolute Gasteiger partial charge is 0.493 e. The molecule has 0 spiro atoms. The molecular weight excluding hydrogens is 459 g/mol. The minimum absolute atomic E-state index is 0.191. The van der Waals surface area contributed by atoms with Gasteiger partial charge >= 0.3 is 0 Å². The summed E-state index contributed by atoms with van der Waals surface area (Å²) in [6.45, 7) is 6.56. The first-order chi connectivity index (χ1) is 17.5. The summed E-state index contributed by atoms with van der Waals surface area (Å²) >= 11 is 0. The molecule has 36 heavy (non-hydrogen) atoms. The minimum atomic E-state index is -0.191. The van der Waals surface area contributed by atoms with Gasteiger partial charge in [0.2, 0.25) is 5.95 Å². The van der Waals surface area contributed by atoms with Crippen LogP contribution in [0.2, 0.25) is 0 Å². The molecule has 3 heterocycles. The second-order valence-electron chi connectivity index (χ2n) is 9.71. The third-order valence-corrected chi connectivity index (χ3v) is 7.22. The summed E-state index contributed by atoms with van der Waals surface area (Å²) in [5, 5.41) is 4.66. The maximum absolute atomic E-state index is 13.2. The Kier molecular flexibility index (Phi) is 7.38. The molecule has 0 atom stereocenters. The van der Waals surface area contributed by atoms with E-state index in [1.54, 1.807) is 14.2 Å². The molecule has 0 bridgehead atoms. The summed E-state index contributed by atoms with van der Waals surface area (Å²) in [6.07, 6.45) is 2.01. The lowest BCUT2D eigenvalue weighted by atomic mass is 10.0. The van der Waals surface area contributed by atoms with Gasteiger partial charge in [-0.05, 0) is 43.7 Å². The lowest BCUT2D eigenvalue weighted by molar-refractivity contribution is 0.211. The number of nitrogens with zero attached hydrogens (tertiary/aromatic N) is 5. The smallest absolute Gasteiger partial charge is 0.227 e. The Morgan fingerprint density at radius 1 is 0.917 bits per heavy atom. The fourth-order valence-electron chi connectivity index (χ4n) is 4.98. The number of ether oxygens (including phenoxy) is 2. The molecule has 5 rings (SSSR count). The standard InChI is InChI=1S/C27H35FN6O2/c1-32-12-14-34(15-13-32)27-30-23-17-25(36-3)24(35-2)16-22(23)26(31-27)29-21-8-10-33(11-9-21)18-19-4-6-20(28)7-5-19/h4-7,16-17,21H,8-15,18H2,1-3H3,(H,29,30,31). The van der Waals surface area contributed by atoms with Gasteiger partial charge < -0.3 is 24.6 Å². The lowest BCUT2D eigenvalue weighted by Crippen LogP contribution is -2.45. The molecule has 9 heteroatoms. The van der Waals surface area contributed by atoms with Gasteiger partial charge in [-0.15, -0.1) is 0 Å². The van der Waals surface area contributed by atoms with Gasteiger partial charge in [0.05, 0.1) is 19.7 Å². The summed E-state index contributed by atoms with van der Waals surface area (Å²) in [5.74, 6) is 2.72. The number of rotatable bonds is 7. The first-order valence-electron chi connectivity index (χ1n) is 12.6. The number of likely N-dealkylation sites (tertiary alicyclic amines) is 1. The number of piperazine rings is 1. The molecule has 2 saturated heterocycles. The molecule has 1 aromatic heterocycles. The monoisotopic (exact) mass is 494 g/mol. The minimum Gasteiger partial charge on any atom is -0.493 e. The topological polar surface area (TPSA) is 66.0 Å². The highest BCUT2D eigenvalue weighted by molar-refractivity contribution is 5.93. The molecule has 2 aliphatic heterocycles.